The lowest BCUT2D eigenvalue weighted by atomic mass is 9.96. The first-order chi connectivity index (χ1) is 8.57. The maximum absolute atomic E-state index is 11.3. The third kappa shape index (κ3) is 3.48. The summed E-state index contributed by atoms with van der Waals surface area (Å²) in [6, 6.07) is 4.88. The molecule has 0 aliphatic rings. The van der Waals surface area contributed by atoms with Crippen molar-refractivity contribution in [1.82, 2.24) is 5.32 Å². The highest BCUT2D eigenvalue weighted by atomic mass is 16.4. The number of rotatable bonds is 6. The van der Waals surface area contributed by atoms with Gasteiger partial charge < -0.3 is 10.4 Å². The molecule has 0 aliphatic carbocycles. The Balaban J connectivity index is 2.91. The molecule has 0 saturated heterocycles. The lowest BCUT2D eigenvalue weighted by molar-refractivity contribution is -0.139. The number of carbonyl (C=O) groups is 1. The molecule has 0 heterocycles. The number of aliphatic carboxylic acids is 1. The van der Waals surface area contributed by atoms with Crippen LogP contribution in [0.3, 0.4) is 0 Å². The molecule has 1 aromatic carbocycles. The van der Waals surface area contributed by atoms with Crippen molar-refractivity contribution in [2.24, 2.45) is 5.11 Å². The Kier molecular flexibility index (Phi) is 5.17. The summed E-state index contributed by atoms with van der Waals surface area (Å²) in [4.78, 5) is 13.9. The maximum Gasteiger partial charge on any atom is 0.325 e. The number of nitrogens with zero attached hydrogens (tertiary/aromatic N) is 3. The Morgan fingerprint density at radius 2 is 2.11 bits per heavy atom. The Bertz CT molecular complexity index is 461. The normalized spacial score (nSPS) is 11.7. The van der Waals surface area contributed by atoms with Crippen molar-refractivity contribution >= 4 is 5.97 Å². The summed E-state index contributed by atoms with van der Waals surface area (Å²) in [6.45, 7) is 4.32. The van der Waals surface area contributed by atoms with Gasteiger partial charge in [-0.3, -0.25) is 4.79 Å². The molecule has 6 nitrogen and oxygen atoms in total. The highest BCUT2D eigenvalue weighted by molar-refractivity contribution is 5.76. The molecule has 2 N–H and O–H groups in total. The van der Waals surface area contributed by atoms with Crippen molar-refractivity contribution in [3.8, 4) is 0 Å². The summed E-state index contributed by atoms with van der Waals surface area (Å²) in [5.41, 5.74) is 10.8. The average molecular weight is 248 g/mol. The van der Waals surface area contributed by atoms with Crippen molar-refractivity contribution in [2.45, 2.75) is 19.9 Å². The summed E-state index contributed by atoms with van der Waals surface area (Å²) in [6.07, 6.45) is 0. The van der Waals surface area contributed by atoms with Gasteiger partial charge in [-0.25, -0.2) is 0 Å². The molecule has 0 radical (unpaired) electrons. The van der Waals surface area contributed by atoms with Gasteiger partial charge in [-0.2, -0.15) is 0 Å². The highest BCUT2D eigenvalue weighted by Crippen LogP contribution is 2.21. The van der Waals surface area contributed by atoms with Gasteiger partial charge in [0.05, 0.1) is 0 Å². The number of azide groups is 1. The Morgan fingerprint density at radius 3 is 2.61 bits per heavy atom. The second-order valence-electron chi connectivity index (χ2n) is 3.99. The first kappa shape index (κ1) is 14.0. The lowest BCUT2D eigenvalue weighted by Gasteiger charge is -2.18. The molecule has 1 rings (SSSR count). The van der Waals surface area contributed by atoms with E-state index >= 15 is 0 Å². The number of aryl methyl sites for hydroxylation is 2. The van der Waals surface area contributed by atoms with Gasteiger partial charge in [0.15, 0.2) is 0 Å². The van der Waals surface area contributed by atoms with Crippen LogP contribution in [0.15, 0.2) is 23.3 Å². The van der Waals surface area contributed by atoms with Crippen molar-refractivity contribution in [1.29, 1.82) is 0 Å². The van der Waals surface area contributed by atoms with E-state index in [-0.39, 0.29) is 6.54 Å². The third-order valence-corrected chi connectivity index (χ3v) is 2.70. The second-order valence-corrected chi connectivity index (χ2v) is 3.99. The molecule has 1 atom stereocenters. The predicted octanol–water partition coefficient (Wildman–Crippen LogP) is 2.33. The van der Waals surface area contributed by atoms with Crippen LogP contribution in [0.4, 0.5) is 0 Å². The molecule has 0 fully saturated rings. The van der Waals surface area contributed by atoms with Gasteiger partial charge in [0, 0.05) is 18.0 Å². The number of hydrogen-bond donors (Lipinski definition) is 2. The highest BCUT2D eigenvalue weighted by Gasteiger charge is 2.22. The zero-order valence-electron chi connectivity index (χ0n) is 10.4. The van der Waals surface area contributed by atoms with Crippen LogP contribution < -0.4 is 5.32 Å². The number of carboxylic acid groups (broad SMARTS) is 1. The van der Waals surface area contributed by atoms with Crippen LogP contribution in [0.5, 0.6) is 0 Å². The van der Waals surface area contributed by atoms with Crippen LogP contribution in [0, 0.1) is 13.8 Å². The molecule has 0 amide bonds. The molecule has 0 spiro atoms. The Morgan fingerprint density at radius 1 is 1.50 bits per heavy atom. The zero-order valence-corrected chi connectivity index (χ0v) is 10.4. The summed E-state index contributed by atoms with van der Waals surface area (Å²) < 4.78 is 0. The van der Waals surface area contributed by atoms with E-state index in [0.29, 0.717) is 6.54 Å². The largest absolute Gasteiger partial charge is 0.480 e. The fraction of sp³-hybridized carbons (Fsp3) is 0.417. The molecule has 1 aromatic rings. The van der Waals surface area contributed by atoms with E-state index in [1.54, 1.807) is 0 Å². The SMILES string of the molecule is Cc1cccc(C)c1C(NCCN=[N+]=[N-])C(=O)O. The summed E-state index contributed by atoms with van der Waals surface area (Å²) in [5, 5.41) is 15.5. The second kappa shape index (κ2) is 6.64. The van der Waals surface area contributed by atoms with Gasteiger partial charge >= 0.3 is 5.97 Å². The average Bonchev–Trinajstić information content (AvgIpc) is 2.31. The minimum absolute atomic E-state index is 0.227. The molecule has 0 aromatic heterocycles. The van der Waals surface area contributed by atoms with Crippen LogP contribution in [-0.4, -0.2) is 24.2 Å². The van der Waals surface area contributed by atoms with E-state index < -0.39 is 12.0 Å². The van der Waals surface area contributed by atoms with E-state index in [1.807, 2.05) is 32.0 Å². The van der Waals surface area contributed by atoms with Gasteiger partial charge in [0.1, 0.15) is 6.04 Å². The van der Waals surface area contributed by atoms with E-state index in [9.17, 15) is 9.90 Å². The summed E-state index contributed by atoms with van der Waals surface area (Å²) in [5.74, 6) is -0.937. The number of carboxylic acids is 1. The molecular formula is C12H16N4O2. The van der Waals surface area contributed by atoms with Crippen LogP contribution in [0.25, 0.3) is 10.4 Å². The Hall–Kier alpha value is -2.04. The molecule has 0 bridgehead atoms. The van der Waals surface area contributed by atoms with Crippen molar-refractivity contribution in [3.63, 3.8) is 0 Å². The number of benzene rings is 1. The van der Waals surface area contributed by atoms with Gasteiger partial charge in [0.25, 0.3) is 0 Å². The van der Waals surface area contributed by atoms with E-state index in [1.165, 1.54) is 0 Å². The molecule has 0 saturated carbocycles. The summed E-state index contributed by atoms with van der Waals surface area (Å²) >= 11 is 0. The smallest absolute Gasteiger partial charge is 0.325 e. The lowest BCUT2D eigenvalue weighted by Crippen LogP contribution is -2.31. The van der Waals surface area contributed by atoms with E-state index in [4.69, 9.17) is 5.53 Å². The van der Waals surface area contributed by atoms with Gasteiger partial charge in [0.2, 0.25) is 0 Å². The van der Waals surface area contributed by atoms with Crippen LogP contribution >= 0.6 is 0 Å². The molecule has 1 unspecified atom stereocenters. The monoisotopic (exact) mass is 248 g/mol. The molecular weight excluding hydrogens is 232 g/mol. The van der Waals surface area contributed by atoms with Crippen molar-refractivity contribution in [3.05, 3.63) is 45.3 Å². The Labute approximate surface area is 105 Å². The van der Waals surface area contributed by atoms with Crippen molar-refractivity contribution < 1.29 is 9.90 Å². The predicted molar refractivity (Wildman–Crippen MR) is 68.3 cm³/mol. The fourth-order valence-electron chi connectivity index (χ4n) is 1.90. The molecule has 18 heavy (non-hydrogen) atoms. The third-order valence-electron chi connectivity index (χ3n) is 2.70. The summed E-state index contributed by atoms with van der Waals surface area (Å²) in [7, 11) is 0. The minimum atomic E-state index is -0.937. The van der Waals surface area contributed by atoms with Crippen LogP contribution in [0.1, 0.15) is 22.7 Å². The van der Waals surface area contributed by atoms with Gasteiger partial charge in [-0.05, 0) is 36.1 Å². The zero-order chi connectivity index (χ0) is 13.5. The molecule has 6 heteroatoms. The molecule has 96 valence electrons. The van der Waals surface area contributed by atoms with E-state index in [2.05, 4.69) is 15.3 Å². The fourth-order valence-corrected chi connectivity index (χ4v) is 1.90. The van der Waals surface area contributed by atoms with Gasteiger partial charge in [-0.15, -0.1) is 0 Å². The minimum Gasteiger partial charge on any atom is -0.480 e. The van der Waals surface area contributed by atoms with Crippen LogP contribution in [0.2, 0.25) is 0 Å². The molecule has 0 aliphatic heterocycles. The first-order valence-electron chi connectivity index (χ1n) is 5.61. The maximum atomic E-state index is 11.3. The standard InChI is InChI=1S/C12H16N4O2/c1-8-4-3-5-9(2)10(8)11(12(17)18)14-6-7-15-16-13/h3-5,11,14H,6-7H2,1-2H3,(H,17,18). The van der Waals surface area contributed by atoms with E-state index in [0.717, 1.165) is 16.7 Å². The topological polar surface area (TPSA) is 98.1 Å². The number of hydrogen-bond acceptors (Lipinski definition) is 3. The van der Waals surface area contributed by atoms with Crippen LogP contribution in [-0.2, 0) is 4.79 Å². The van der Waals surface area contributed by atoms with Gasteiger partial charge in [-0.1, -0.05) is 23.3 Å². The number of nitrogens with one attached hydrogen (secondary N) is 1. The first-order valence-corrected chi connectivity index (χ1v) is 5.61. The van der Waals surface area contributed by atoms with Crippen molar-refractivity contribution in [2.75, 3.05) is 13.1 Å². The quantitative estimate of drug-likeness (QED) is 0.350.